The summed E-state index contributed by atoms with van der Waals surface area (Å²) in [6.07, 6.45) is 8.88. The van der Waals surface area contributed by atoms with Crippen molar-refractivity contribution >= 4 is 5.78 Å². The topological polar surface area (TPSA) is 37.3 Å². The van der Waals surface area contributed by atoms with E-state index in [9.17, 15) is 9.90 Å². The number of rotatable bonds is 4. The molecule has 2 atom stereocenters. The molecule has 0 aliphatic heterocycles. The minimum absolute atomic E-state index is 0.128. The largest absolute Gasteiger partial charge is 0.388 e. The van der Waals surface area contributed by atoms with E-state index in [-0.39, 0.29) is 11.7 Å². The van der Waals surface area contributed by atoms with Gasteiger partial charge >= 0.3 is 0 Å². The summed E-state index contributed by atoms with van der Waals surface area (Å²) in [4.78, 5) is 11.5. The predicted molar refractivity (Wildman–Crippen MR) is 57.0 cm³/mol. The maximum Gasteiger partial charge on any atom is 0.138 e. The molecular weight excluding hydrogens is 176 g/mol. The monoisotopic (exact) mass is 196 g/mol. The van der Waals surface area contributed by atoms with Gasteiger partial charge in [0.2, 0.25) is 0 Å². The van der Waals surface area contributed by atoms with E-state index >= 15 is 0 Å². The number of allylic oxidation sites excluding steroid dienone is 1. The second kappa shape index (κ2) is 5.97. The lowest BCUT2D eigenvalue weighted by Gasteiger charge is -2.23. The summed E-state index contributed by atoms with van der Waals surface area (Å²) < 4.78 is 0. The van der Waals surface area contributed by atoms with Gasteiger partial charge in [-0.1, -0.05) is 31.9 Å². The molecular formula is C12H20O2. The molecule has 2 heteroatoms. The van der Waals surface area contributed by atoms with Crippen LogP contribution in [-0.2, 0) is 4.79 Å². The molecule has 1 aliphatic rings. The lowest BCUT2D eigenvalue weighted by atomic mass is 9.84. The van der Waals surface area contributed by atoms with E-state index in [0.29, 0.717) is 6.42 Å². The van der Waals surface area contributed by atoms with Crippen molar-refractivity contribution in [1.29, 1.82) is 0 Å². The Labute approximate surface area is 86.0 Å². The van der Waals surface area contributed by atoms with Crippen LogP contribution >= 0.6 is 0 Å². The standard InChI is InChI=1S/C12H20O2/c1-2-3-4-8-11(13)10-7-5-6-9-12(10)14/h4,8,10-11,13H,2-3,5-7,9H2,1H3/b8-4+/t10-,11-/m0/s1. The van der Waals surface area contributed by atoms with Gasteiger partial charge in [0.1, 0.15) is 5.78 Å². The summed E-state index contributed by atoms with van der Waals surface area (Å²) in [5.41, 5.74) is 0. The van der Waals surface area contributed by atoms with Gasteiger partial charge in [0.05, 0.1) is 6.10 Å². The fourth-order valence-electron chi connectivity index (χ4n) is 1.91. The number of aliphatic hydroxyl groups excluding tert-OH is 1. The number of hydrogen-bond acceptors (Lipinski definition) is 2. The average Bonchev–Trinajstić information content (AvgIpc) is 2.18. The number of Topliss-reactive ketones (excluding diaryl/α,β-unsaturated/α-hetero) is 1. The van der Waals surface area contributed by atoms with Crippen LogP contribution in [0.4, 0.5) is 0 Å². The summed E-state index contributed by atoms with van der Waals surface area (Å²) in [5, 5.41) is 9.76. The molecule has 0 amide bonds. The zero-order chi connectivity index (χ0) is 10.4. The van der Waals surface area contributed by atoms with E-state index in [1.54, 1.807) is 6.08 Å². The molecule has 14 heavy (non-hydrogen) atoms. The van der Waals surface area contributed by atoms with Gasteiger partial charge in [0, 0.05) is 12.3 Å². The van der Waals surface area contributed by atoms with Crippen LogP contribution in [0.25, 0.3) is 0 Å². The lowest BCUT2D eigenvalue weighted by molar-refractivity contribution is -0.127. The zero-order valence-corrected chi connectivity index (χ0v) is 8.91. The molecule has 0 unspecified atom stereocenters. The third kappa shape index (κ3) is 3.26. The highest BCUT2D eigenvalue weighted by Gasteiger charge is 2.26. The van der Waals surface area contributed by atoms with Gasteiger partial charge in [-0.05, 0) is 19.3 Å². The molecule has 0 bridgehead atoms. The number of hydrogen-bond donors (Lipinski definition) is 1. The van der Waals surface area contributed by atoms with Crippen molar-refractivity contribution in [3.8, 4) is 0 Å². The Hall–Kier alpha value is -0.630. The van der Waals surface area contributed by atoms with E-state index in [4.69, 9.17) is 0 Å². The van der Waals surface area contributed by atoms with Crippen LogP contribution in [0.1, 0.15) is 45.4 Å². The normalized spacial score (nSPS) is 25.6. The first-order valence-electron chi connectivity index (χ1n) is 5.63. The Morgan fingerprint density at radius 1 is 1.57 bits per heavy atom. The van der Waals surface area contributed by atoms with Gasteiger partial charge in [-0.25, -0.2) is 0 Å². The molecule has 1 N–H and O–H groups in total. The second-order valence-electron chi connectivity index (χ2n) is 4.03. The van der Waals surface area contributed by atoms with Crippen molar-refractivity contribution in [3.63, 3.8) is 0 Å². The summed E-state index contributed by atoms with van der Waals surface area (Å²) >= 11 is 0. The summed E-state index contributed by atoms with van der Waals surface area (Å²) in [5.74, 6) is 0.113. The van der Waals surface area contributed by atoms with Crippen molar-refractivity contribution in [1.82, 2.24) is 0 Å². The molecule has 0 spiro atoms. The number of carbonyl (C=O) groups is 1. The molecule has 1 aliphatic carbocycles. The molecule has 2 nitrogen and oxygen atoms in total. The van der Waals surface area contributed by atoms with Gasteiger partial charge in [-0.15, -0.1) is 0 Å². The Bertz CT molecular complexity index is 208. The highest BCUT2D eigenvalue weighted by molar-refractivity contribution is 5.82. The summed E-state index contributed by atoms with van der Waals surface area (Å²) in [6, 6.07) is 0. The lowest BCUT2D eigenvalue weighted by Crippen LogP contribution is -2.29. The van der Waals surface area contributed by atoms with Crippen molar-refractivity contribution < 1.29 is 9.90 Å². The van der Waals surface area contributed by atoms with Gasteiger partial charge in [-0.2, -0.15) is 0 Å². The molecule has 0 aromatic heterocycles. The van der Waals surface area contributed by atoms with Crippen LogP contribution in [0.15, 0.2) is 12.2 Å². The smallest absolute Gasteiger partial charge is 0.138 e. The number of unbranched alkanes of at least 4 members (excludes halogenated alkanes) is 1. The first kappa shape index (κ1) is 11.4. The van der Waals surface area contributed by atoms with E-state index < -0.39 is 6.10 Å². The molecule has 0 radical (unpaired) electrons. The molecule has 0 aromatic carbocycles. The maximum atomic E-state index is 11.5. The molecule has 0 aromatic rings. The van der Waals surface area contributed by atoms with E-state index in [1.807, 2.05) is 6.08 Å². The van der Waals surface area contributed by atoms with Crippen LogP contribution in [0.5, 0.6) is 0 Å². The fourth-order valence-corrected chi connectivity index (χ4v) is 1.91. The molecule has 1 fully saturated rings. The Morgan fingerprint density at radius 2 is 2.36 bits per heavy atom. The molecule has 1 rings (SSSR count). The van der Waals surface area contributed by atoms with Crippen LogP contribution < -0.4 is 0 Å². The first-order valence-corrected chi connectivity index (χ1v) is 5.63. The number of aliphatic hydroxyl groups is 1. The van der Waals surface area contributed by atoms with Crippen LogP contribution in [-0.4, -0.2) is 17.0 Å². The summed E-state index contributed by atoms with van der Waals surface area (Å²) in [6.45, 7) is 2.10. The minimum Gasteiger partial charge on any atom is -0.388 e. The molecule has 80 valence electrons. The number of carbonyl (C=O) groups excluding carboxylic acids is 1. The van der Waals surface area contributed by atoms with Crippen molar-refractivity contribution in [2.45, 2.75) is 51.6 Å². The summed E-state index contributed by atoms with van der Waals surface area (Å²) in [7, 11) is 0. The SMILES string of the molecule is CCC/C=C/[C@H](O)[C@@H]1CCCCC1=O. The van der Waals surface area contributed by atoms with Crippen LogP contribution in [0, 0.1) is 5.92 Å². The zero-order valence-electron chi connectivity index (χ0n) is 8.91. The van der Waals surface area contributed by atoms with Gasteiger partial charge in [0.25, 0.3) is 0 Å². The van der Waals surface area contributed by atoms with Crippen LogP contribution in [0.2, 0.25) is 0 Å². The van der Waals surface area contributed by atoms with Crippen molar-refractivity contribution in [2.75, 3.05) is 0 Å². The highest BCUT2D eigenvalue weighted by Crippen LogP contribution is 2.24. The minimum atomic E-state index is -0.547. The highest BCUT2D eigenvalue weighted by atomic mass is 16.3. The van der Waals surface area contributed by atoms with Crippen molar-refractivity contribution in [2.24, 2.45) is 5.92 Å². The first-order chi connectivity index (χ1) is 6.75. The average molecular weight is 196 g/mol. The molecule has 0 heterocycles. The van der Waals surface area contributed by atoms with Gasteiger partial charge in [0.15, 0.2) is 0 Å². The van der Waals surface area contributed by atoms with E-state index in [1.165, 1.54) is 0 Å². The Kier molecular flexibility index (Phi) is 4.88. The predicted octanol–water partition coefficient (Wildman–Crippen LogP) is 2.46. The van der Waals surface area contributed by atoms with Crippen LogP contribution in [0.3, 0.4) is 0 Å². The molecule has 0 saturated heterocycles. The van der Waals surface area contributed by atoms with E-state index in [2.05, 4.69) is 6.92 Å². The Morgan fingerprint density at radius 3 is 3.00 bits per heavy atom. The van der Waals surface area contributed by atoms with Gasteiger partial charge in [-0.3, -0.25) is 4.79 Å². The number of ketones is 1. The third-order valence-electron chi connectivity index (χ3n) is 2.80. The fraction of sp³-hybridized carbons (Fsp3) is 0.750. The second-order valence-corrected chi connectivity index (χ2v) is 4.03. The van der Waals surface area contributed by atoms with E-state index in [0.717, 1.165) is 32.1 Å². The molecule has 1 saturated carbocycles. The Balaban J connectivity index is 2.41. The van der Waals surface area contributed by atoms with Gasteiger partial charge < -0.3 is 5.11 Å². The quantitative estimate of drug-likeness (QED) is 0.701. The van der Waals surface area contributed by atoms with Crippen molar-refractivity contribution in [3.05, 3.63) is 12.2 Å². The third-order valence-corrected chi connectivity index (χ3v) is 2.80. The maximum absolute atomic E-state index is 11.5.